The second-order valence-electron chi connectivity index (χ2n) is 7.78. The van der Waals surface area contributed by atoms with Crippen LogP contribution in [0.4, 0.5) is 5.69 Å². The third-order valence-corrected chi connectivity index (χ3v) is 5.13. The van der Waals surface area contributed by atoms with Crippen molar-refractivity contribution in [3.63, 3.8) is 0 Å². The molecule has 4 rings (SSSR count). The highest BCUT2D eigenvalue weighted by molar-refractivity contribution is 5.93. The summed E-state index contributed by atoms with van der Waals surface area (Å²) in [6.45, 7) is 2.52. The van der Waals surface area contributed by atoms with Gasteiger partial charge in [-0.15, -0.1) is 0 Å². The molecule has 0 aliphatic carbocycles. The van der Waals surface area contributed by atoms with Crippen molar-refractivity contribution in [2.75, 3.05) is 19.0 Å². The van der Waals surface area contributed by atoms with Gasteiger partial charge >= 0.3 is 0 Å². The molecule has 0 saturated heterocycles. The highest BCUT2D eigenvalue weighted by Gasteiger charge is 2.21. The summed E-state index contributed by atoms with van der Waals surface area (Å²) in [4.78, 5) is 29.6. The molecule has 2 aromatic carbocycles. The zero-order valence-electron chi connectivity index (χ0n) is 17.8. The number of amides is 1. The molecule has 1 amide bonds. The van der Waals surface area contributed by atoms with Crippen molar-refractivity contribution in [3.8, 4) is 0 Å². The molecule has 0 radical (unpaired) electrons. The van der Waals surface area contributed by atoms with Crippen molar-refractivity contribution in [3.05, 3.63) is 99.8 Å². The first-order valence-electron chi connectivity index (χ1n) is 10.0. The monoisotopic (exact) mass is 416 g/mol. The van der Waals surface area contributed by atoms with E-state index in [1.54, 1.807) is 29.4 Å². The largest absolute Gasteiger partial charge is 0.467 e. The first-order chi connectivity index (χ1) is 14.9. The van der Waals surface area contributed by atoms with E-state index in [4.69, 9.17) is 8.83 Å². The van der Waals surface area contributed by atoms with Crippen molar-refractivity contribution in [2.45, 2.75) is 20.0 Å². The Hall–Kier alpha value is -3.80. The summed E-state index contributed by atoms with van der Waals surface area (Å²) in [6, 6.07) is 18.2. The van der Waals surface area contributed by atoms with Crippen molar-refractivity contribution >= 4 is 22.6 Å². The fourth-order valence-electron chi connectivity index (χ4n) is 3.44. The summed E-state index contributed by atoms with van der Waals surface area (Å²) in [5, 5.41) is 0.466. The highest BCUT2D eigenvalue weighted by Crippen LogP contribution is 2.20. The van der Waals surface area contributed by atoms with Gasteiger partial charge in [-0.25, -0.2) is 0 Å². The second kappa shape index (κ2) is 8.52. The van der Waals surface area contributed by atoms with Crippen LogP contribution < -0.4 is 10.3 Å². The van der Waals surface area contributed by atoms with Gasteiger partial charge in [-0.2, -0.15) is 0 Å². The average molecular weight is 416 g/mol. The van der Waals surface area contributed by atoms with Crippen LogP contribution in [0.2, 0.25) is 0 Å². The lowest BCUT2D eigenvalue weighted by atomic mass is 10.1. The van der Waals surface area contributed by atoms with Gasteiger partial charge in [0.1, 0.15) is 11.3 Å². The molecule has 4 aromatic rings. The summed E-state index contributed by atoms with van der Waals surface area (Å²) in [5.41, 5.74) is 3.16. The molecular weight excluding hydrogens is 392 g/mol. The maximum absolute atomic E-state index is 13.4. The van der Waals surface area contributed by atoms with E-state index in [1.165, 1.54) is 6.07 Å². The van der Waals surface area contributed by atoms with Gasteiger partial charge in [0.2, 0.25) is 0 Å². The van der Waals surface area contributed by atoms with Gasteiger partial charge in [0.25, 0.3) is 5.91 Å². The van der Waals surface area contributed by atoms with E-state index in [0.29, 0.717) is 23.3 Å². The van der Waals surface area contributed by atoms with E-state index in [1.807, 2.05) is 62.3 Å². The first kappa shape index (κ1) is 20.5. The van der Waals surface area contributed by atoms with Crippen LogP contribution in [0.15, 0.2) is 80.6 Å². The Morgan fingerprint density at radius 2 is 1.74 bits per heavy atom. The van der Waals surface area contributed by atoms with Crippen molar-refractivity contribution in [1.29, 1.82) is 0 Å². The van der Waals surface area contributed by atoms with E-state index in [2.05, 4.69) is 0 Å². The molecule has 0 fully saturated rings. The molecule has 0 N–H and O–H groups in total. The Morgan fingerprint density at radius 1 is 0.968 bits per heavy atom. The summed E-state index contributed by atoms with van der Waals surface area (Å²) >= 11 is 0. The zero-order chi connectivity index (χ0) is 22.0. The Morgan fingerprint density at radius 3 is 2.42 bits per heavy atom. The minimum Gasteiger partial charge on any atom is -0.467 e. The number of carbonyl (C=O) groups excluding carboxylic acids is 1. The van der Waals surface area contributed by atoms with Gasteiger partial charge in [0, 0.05) is 32.4 Å². The molecule has 0 atom stereocenters. The minimum absolute atomic E-state index is 0.0119. The van der Waals surface area contributed by atoms with Gasteiger partial charge in [-0.3, -0.25) is 9.59 Å². The molecule has 6 heteroatoms. The Balaban J connectivity index is 1.67. The molecule has 0 bridgehead atoms. The molecule has 0 spiro atoms. The van der Waals surface area contributed by atoms with E-state index >= 15 is 0 Å². The van der Waals surface area contributed by atoms with Gasteiger partial charge < -0.3 is 18.6 Å². The average Bonchev–Trinajstić information content (AvgIpc) is 3.26. The third kappa shape index (κ3) is 4.53. The Labute approximate surface area is 180 Å². The lowest BCUT2D eigenvalue weighted by Gasteiger charge is -2.22. The molecule has 0 saturated carbocycles. The van der Waals surface area contributed by atoms with E-state index in [9.17, 15) is 9.59 Å². The number of aryl methyl sites for hydroxylation is 1. The lowest BCUT2D eigenvalue weighted by Crippen LogP contribution is -2.30. The van der Waals surface area contributed by atoms with Crippen LogP contribution in [0.25, 0.3) is 11.0 Å². The van der Waals surface area contributed by atoms with Crippen molar-refractivity contribution in [1.82, 2.24) is 4.90 Å². The molecule has 0 aliphatic heterocycles. The number of carbonyl (C=O) groups is 1. The zero-order valence-corrected chi connectivity index (χ0v) is 17.8. The number of anilines is 1. The number of rotatable bonds is 6. The second-order valence-corrected chi connectivity index (χ2v) is 7.78. The molecule has 2 aromatic heterocycles. The molecule has 6 nitrogen and oxygen atoms in total. The number of hydrogen-bond donors (Lipinski definition) is 0. The topological polar surface area (TPSA) is 66.9 Å². The van der Waals surface area contributed by atoms with E-state index in [-0.39, 0.29) is 23.6 Å². The van der Waals surface area contributed by atoms with Crippen LogP contribution in [0.5, 0.6) is 0 Å². The smallest absolute Gasteiger partial charge is 0.290 e. The summed E-state index contributed by atoms with van der Waals surface area (Å²) in [7, 11) is 3.95. The van der Waals surface area contributed by atoms with Crippen LogP contribution in [-0.2, 0) is 13.1 Å². The normalized spacial score (nSPS) is 10.9. The summed E-state index contributed by atoms with van der Waals surface area (Å²) < 4.78 is 11.3. The predicted octanol–water partition coefficient (Wildman–Crippen LogP) is 4.60. The van der Waals surface area contributed by atoms with Crippen LogP contribution >= 0.6 is 0 Å². The first-order valence-corrected chi connectivity index (χ1v) is 10.0. The van der Waals surface area contributed by atoms with Crippen molar-refractivity contribution < 1.29 is 13.6 Å². The summed E-state index contributed by atoms with van der Waals surface area (Å²) in [6.07, 6.45) is 1.57. The van der Waals surface area contributed by atoms with Gasteiger partial charge in [-0.1, -0.05) is 23.8 Å². The standard InChI is InChI=1S/C25H24N2O4/c1-17-6-11-23-21(13-17)22(28)14-24(31-23)25(29)27(16-20-5-4-12-30-20)15-18-7-9-19(10-8-18)26(2)3/h4-14H,15-16H2,1-3H3. The molecule has 31 heavy (non-hydrogen) atoms. The van der Waals surface area contributed by atoms with Crippen LogP contribution in [-0.4, -0.2) is 24.9 Å². The van der Waals surface area contributed by atoms with Crippen molar-refractivity contribution in [2.24, 2.45) is 0 Å². The lowest BCUT2D eigenvalue weighted by molar-refractivity contribution is 0.0686. The van der Waals surface area contributed by atoms with Crippen LogP contribution in [0, 0.1) is 6.92 Å². The summed E-state index contributed by atoms with van der Waals surface area (Å²) in [5.74, 6) is 0.294. The number of nitrogens with zero attached hydrogens (tertiary/aromatic N) is 2. The minimum atomic E-state index is -0.368. The number of benzene rings is 2. The third-order valence-electron chi connectivity index (χ3n) is 5.13. The number of hydrogen-bond acceptors (Lipinski definition) is 5. The molecule has 158 valence electrons. The Kier molecular flexibility index (Phi) is 5.62. The predicted molar refractivity (Wildman–Crippen MR) is 120 cm³/mol. The van der Waals surface area contributed by atoms with E-state index in [0.717, 1.165) is 16.8 Å². The number of fused-ring (bicyclic) bond motifs is 1. The molecule has 0 unspecified atom stereocenters. The fraction of sp³-hybridized carbons (Fsp3) is 0.200. The van der Waals surface area contributed by atoms with Crippen LogP contribution in [0.1, 0.15) is 27.4 Å². The Bertz CT molecular complexity index is 1260. The molecule has 0 aliphatic rings. The quantitative estimate of drug-likeness (QED) is 0.459. The van der Waals surface area contributed by atoms with Gasteiger partial charge in [0.15, 0.2) is 11.2 Å². The fourth-order valence-corrected chi connectivity index (χ4v) is 3.44. The maximum atomic E-state index is 13.4. The highest BCUT2D eigenvalue weighted by atomic mass is 16.3. The SMILES string of the molecule is Cc1ccc2oc(C(=O)N(Cc3ccc(N(C)C)cc3)Cc3ccco3)cc(=O)c2c1. The van der Waals surface area contributed by atoms with Gasteiger partial charge in [0.05, 0.1) is 18.2 Å². The van der Waals surface area contributed by atoms with Crippen LogP contribution in [0.3, 0.4) is 0 Å². The van der Waals surface area contributed by atoms with Gasteiger partial charge in [-0.05, 0) is 48.9 Å². The maximum Gasteiger partial charge on any atom is 0.290 e. The number of furan rings is 1. The molecular formula is C25H24N2O4. The van der Waals surface area contributed by atoms with E-state index < -0.39 is 0 Å². The molecule has 2 heterocycles.